The monoisotopic (exact) mass is 544 g/mol. The third kappa shape index (κ3) is 7.05. The first kappa shape index (κ1) is 27.8. The van der Waals surface area contributed by atoms with Gasteiger partial charge in [-0.1, -0.05) is 30.2 Å². The Balaban J connectivity index is 1.51. The van der Waals surface area contributed by atoms with Crippen molar-refractivity contribution >= 4 is 12.0 Å². The zero-order chi connectivity index (χ0) is 27.7. The molecule has 10 heteroatoms. The molecule has 3 aromatic rings. The van der Waals surface area contributed by atoms with E-state index in [1.807, 2.05) is 17.8 Å². The van der Waals surface area contributed by atoms with Gasteiger partial charge in [0.1, 0.15) is 5.82 Å². The smallest absolute Gasteiger partial charge is 0.320 e. The molecule has 0 amide bonds. The van der Waals surface area contributed by atoms with E-state index >= 15 is 0 Å². The molecular weight excluding hydrogens is 504 g/mol. The largest absolute Gasteiger partial charge is 0.463 e. The number of rotatable bonds is 11. The van der Waals surface area contributed by atoms with Crippen LogP contribution in [0.4, 0.5) is 5.82 Å². The summed E-state index contributed by atoms with van der Waals surface area (Å²) in [6.07, 6.45) is 7.46. The van der Waals surface area contributed by atoms with Gasteiger partial charge in [0, 0.05) is 57.1 Å². The molecule has 0 spiro atoms. The molecule has 0 saturated carbocycles. The van der Waals surface area contributed by atoms with Crippen LogP contribution in [-0.2, 0) is 11.3 Å². The molecule has 1 aromatic carbocycles. The second kappa shape index (κ2) is 13.5. The van der Waals surface area contributed by atoms with Crippen molar-refractivity contribution in [3.8, 4) is 23.1 Å². The molecule has 0 atom stereocenters. The zero-order valence-corrected chi connectivity index (χ0v) is 23.6. The number of aryl methyl sites for hydroxylation is 1. The van der Waals surface area contributed by atoms with Crippen LogP contribution in [0.5, 0.6) is 6.01 Å². The van der Waals surface area contributed by atoms with E-state index in [0.717, 1.165) is 61.1 Å². The van der Waals surface area contributed by atoms with E-state index < -0.39 is 0 Å². The van der Waals surface area contributed by atoms with Crippen LogP contribution in [0.15, 0.2) is 48.2 Å². The Kier molecular flexibility index (Phi) is 9.41. The normalized spacial score (nSPS) is 16.6. The van der Waals surface area contributed by atoms with E-state index in [1.54, 1.807) is 6.20 Å². The number of anilines is 1. The first-order valence-electron chi connectivity index (χ1n) is 14.2. The van der Waals surface area contributed by atoms with E-state index in [9.17, 15) is 0 Å². The van der Waals surface area contributed by atoms with Crippen molar-refractivity contribution in [2.24, 2.45) is 0 Å². The molecule has 0 aliphatic carbocycles. The molecule has 0 unspecified atom stereocenters. The Morgan fingerprint density at radius 3 is 2.60 bits per heavy atom. The highest BCUT2D eigenvalue weighted by Crippen LogP contribution is 2.27. The maximum absolute atomic E-state index is 7.62. The number of piperidine rings is 1. The molecule has 2 N–H and O–H groups in total. The van der Waals surface area contributed by atoms with E-state index in [4.69, 9.17) is 29.9 Å². The topological polar surface area (TPSA) is 104 Å². The van der Waals surface area contributed by atoms with Crippen LogP contribution < -0.4 is 15.0 Å². The molecule has 2 aliphatic rings. The van der Waals surface area contributed by atoms with Gasteiger partial charge in [0.05, 0.1) is 31.2 Å². The fourth-order valence-electron chi connectivity index (χ4n) is 5.18. The quantitative estimate of drug-likeness (QED) is 0.350. The average molecular weight is 545 g/mol. The molecule has 2 aromatic heterocycles. The van der Waals surface area contributed by atoms with Gasteiger partial charge in [-0.25, -0.2) is 4.68 Å². The molecule has 212 valence electrons. The van der Waals surface area contributed by atoms with Crippen LogP contribution >= 0.6 is 0 Å². The van der Waals surface area contributed by atoms with Crippen molar-refractivity contribution < 1.29 is 9.47 Å². The second-order valence-electron chi connectivity index (χ2n) is 10.4. The highest BCUT2D eigenvalue weighted by molar-refractivity contribution is 5.75. The van der Waals surface area contributed by atoms with Crippen LogP contribution in [0, 0.1) is 12.3 Å². The molecule has 0 radical (unpaired) electrons. The van der Waals surface area contributed by atoms with Gasteiger partial charge in [-0.2, -0.15) is 15.1 Å². The minimum absolute atomic E-state index is 0.310. The number of hydrogen-bond donors (Lipinski definition) is 2. The first-order chi connectivity index (χ1) is 19.6. The highest BCUT2D eigenvalue weighted by Gasteiger charge is 2.21. The number of nitrogens with zero attached hydrogens (tertiary/aromatic N) is 6. The lowest BCUT2D eigenvalue weighted by Gasteiger charge is -2.28. The molecule has 40 heavy (non-hydrogen) atoms. The Morgan fingerprint density at radius 2 is 1.85 bits per heavy atom. The summed E-state index contributed by atoms with van der Waals surface area (Å²) in [6, 6.07) is 13.0. The molecule has 0 bridgehead atoms. The standard InChI is InChI=1S/C30H40N8O2/c1-23-7-6-8-25(17-23)27-18-26(22-36-10-4-3-5-11-36)38(35-27)29-19-28(37-12-15-39-16-13-37)33-30(34-29)40-14-9-24(20-31)21-32-2/h6-8,17-21,31-32H,3-5,9-16,22H2,1-2H3/b24-21-,31-20?. The van der Waals surface area contributed by atoms with Crippen molar-refractivity contribution in [2.75, 3.05) is 57.9 Å². The predicted octanol–water partition coefficient (Wildman–Crippen LogP) is 3.98. The molecule has 2 aliphatic heterocycles. The Morgan fingerprint density at radius 1 is 1.05 bits per heavy atom. The lowest BCUT2D eigenvalue weighted by atomic mass is 10.1. The molecule has 4 heterocycles. The number of aromatic nitrogens is 4. The van der Waals surface area contributed by atoms with Crippen LogP contribution in [0.1, 0.15) is 36.9 Å². The highest BCUT2D eigenvalue weighted by atomic mass is 16.5. The van der Waals surface area contributed by atoms with Crippen LogP contribution in [0.2, 0.25) is 0 Å². The number of benzene rings is 1. The van der Waals surface area contributed by atoms with Crippen molar-refractivity contribution in [1.29, 1.82) is 5.41 Å². The third-order valence-corrected chi connectivity index (χ3v) is 7.30. The van der Waals surface area contributed by atoms with Crippen molar-refractivity contribution in [2.45, 2.75) is 39.2 Å². The predicted molar refractivity (Wildman–Crippen MR) is 158 cm³/mol. The number of ether oxygens (including phenoxy) is 2. The van der Waals surface area contributed by atoms with Crippen LogP contribution in [-0.4, -0.2) is 83.9 Å². The molecular formula is C30H40N8O2. The van der Waals surface area contributed by atoms with Gasteiger partial charge in [-0.15, -0.1) is 0 Å². The summed E-state index contributed by atoms with van der Waals surface area (Å²) >= 11 is 0. The summed E-state index contributed by atoms with van der Waals surface area (Å²) in [4.78, 5) is 14.3. The van der Waals surface area contributed by atoms with Gasteiger partial charge in [-0.05, 0) is 50.6 Å². The first-order valence-corrected chi connectivity index (χ1v) is 14.2. The van der Waals surface area contributed by atoms with Crippen LogP contribution in [0.25, 0.3) is 17.1 Å². The van der Waals surface area contributed by atoms with E-state index in [2.05, 4.69) is 52.4 Å². The molecule has 5 rings (SSSR count). The van der Waals surface area contributed by atoms with Crippen molar-refractivity contribution in [3.05, 3.63) is 59.4 Å². The Hall–Kier alpha value is -3.76. The number of hydrogen-bond acceptors (Lipinski definition) is 9. The SMILES string of the molecule is CN/C=C(\C=N)CCOc1nc(N2CCOCC2)cc(-n2nc(-c3cccc(C)c3)cc2CN2CCCCC2)n1. The van der Waals surface area contributed by atoms with E-state index in [1.165, 1.54) is 31.0 Å². The van der Waals surface area contributed by atoms with Gasteiger partial charge in [0.2, 0.25) is 0 Å². The van der Waals surface area contributed by atoms with Crippen molar-refractivity contribution in [1.82, 2.24) is 30.0 Å². The van der Waals surface area contributed by atoms with Gasteiger partial charge < -0.3 is 25.1 Å². The summed E-state index contributed by atoms with van der Waals surface area (Å²) in [5.41, 5.74) is 5.16. The lowest BCUT2D eigenvalue weighted by molar-refractivity contribution is 0.122. The summed E-state index contributed by atoms with van der Waals surface area (Å²) in [5, 5.41) is 15.7. The summed E-state index contributed by atoms with van der Waals surface area (Å²) in [5.74, 6) is 1.49. The van der Waals surface area contributed by atoms with E-state index in [-0.39, 0.29) is 0 Å². The van der Waals surface area contributed by atoms with Gasteiger partial charge in [-0.3, -0.25) is 4.90 Å². The maximum Gasteiger partial charge on any atom is 0.320 e. The fraction of sp³-hybridized carbons (Fsp3) is 0.467. The van der Waals surface area contributed by atoms with Gasteiger partial charge in [0.25, 0.3) is 0 Å². The zero-order valence-electron chi connectivity index (χ0n) is 23.6. The average Bonchev–Trinajstić information content (AvgIpc) is 3.41. The third-order valence-electron chi connectivity index (χ3n) is 7.30. The summed E-state index contributed by atoms with van der Waals surface area (Å²) in [7, 11) is 1.82. The second-order valence-corrected chi connectivity index (χ2v) is 10.4. The minimum Gasteiger partial charge on any atom is -0.463 e. The maximum atomic E-state index is 7.62. The summed E-state index contributed by atoms with van der Waals surface area (Å²) < 4.78 is 13.6. The number of likely N-dealkylation sites (tertiary alicyclic amines) is 1. The Labute approximate surface area is 236 Å². The lowest BCUT2D eigenvalue weighted by Crippen LogP contribution is -2.37. The Bertz CT molecular complexity index is 1310. The summed E-state index contributed by atoms with van der Waals surface area (Å²) in [6.45, 7) is 8.30. The molecule has 2 saturated heterocycles. The van der Waals surface area contributed by atoms with Crippen molar-refractivity contribution in [3.63, 3.8) is 0 Å². The minimum atomic E-state index is 0.310. The number of morpholine rings is 1. The number of nitrogens with one attached hydrogen (secondary N) is 2. The van der Waals surface area contributed by atoms with E-state index in [0.29, 0.717) is 38.1 Å². The van der Waals surface area contributed by atoms with Crippen LogP contribution in [0.3, 0.4) is 0 Å². The molecule has 10 nitrogen and oxygen atoms in total. The fourth-order valence-corrected chi connectivity index (χ4v) is 5.18. The molecule has 2 fully saturated rings. The van der Waals surface area contributed by atoms with Gasteiger partial charge >= 0.3 is 6.01 Å². The van der Waals surface area contributed by atoms with Gasteiger partial charge in [0.15, 0.2) is 5.82 Å².